The fraction of sp³-hybridized carbons (Fsp3) is 0.688. The molecule has 20 heavy (non-hydrogen) atoms. The van der Waals surface area contributed by atoms with Crippen LogP contribution in [0.4, 0.5) is 5.69 Å². The molecule has 0 atom stereocenters. The van der Waals surface area contributed by atoms with E-state index in [9.17, 15) is 4.79 Å². The Morgan fingerprint density at radius 3 is 2.65 bits per heavy atom. The maximum absolute atomic E-state index is 11.1. The van der Waals surface area contributed by atoms with Gasteiger partial charge < -0.3 is 10.6 Å². The summed E-state index contributed by atoms with van der Waals surface area (Å²) in [6.45, 7) is 5.83. The van der Waals surface area contributed by atoms with Crippen molar-refractivity contribution in [3.05, 3.63) is 16.3 Å². The topological polar surface area (TPSA) is 41.1 Å². The lowest BCUT2D eigenvalue weighted by atomic mass is 9.81. The summed E-state index contributed by atoms with van der Waals surface area (Å²) in [7, 11) is 0. The van der Waals surface area contributed by atoms with Crippen LogP contribution in [0.5, 0.6) is 0 Å². The molecule has 4 heteroatoms. The van der Waals surface area contributed by atoms with Gasteiger partial charge in [-0.05, 0) is 42.7 Å². The zero-order valence-electron chi connectivity index (χ0n) is 12.6. The Bertz CT molecular complexity index is 422. The van der Waals surface area contributed by atoms with Crippen molar-refractivity contribution in [2.24, 2.45) is 11.8 Å². The van der Waals surface area contributed by atoms with Crippen LogP contribution in [-0.4, -0.2) is 12.5 Å². The van der Waals surface area contributed by atoms with E-state index in [-0.39, 0.29) is 5.91 Å². The summed E-state index contributed by atoms with van der Waals surface area (Å²) in [5, 5.41) is 8.49. The summed E-state index contributed by atoms with van der Waals surface area (Å²) in [5.74, 6) is 1.81. The molecule has 112 valence electrons. The molecule has 0 aromatic carbocycles. The first-order valence-corrected chi connectivity index (χ1v) is 8.61. The minimum atomic E-state index is 0.00235. The first-order chi connectivity index (χ1) is 9.69. The number of rotatable bonds is 6. The second-order valence-corrected chi connectivity index (χ2v) is 6.87. The highest BCUT2D eigenvalue weighted by atomic mass is 32.1. The molecule has 2 rings (SSSR count). The van der Waals surface area contributed by atoms with Crippen LogP contribution in [0.1, 0.15) is 50.8 Å². The first kappa shape index (κ1) is 15.5. The van der Waals surface area contributed by atoms with E-state index in [1.165, 1.54) is 37.0 Å². The average molecular weight is 294 g/mol. The van der Waals surface area contributed by atoms with Gasteiger partial charge in [0.2, 0.25) is 5.91 Å². The number of hydrogen-bond acceptors (Lipinski definition) is 3. The van der Waals surface area contributed by atoms with Crippen LogP contribution in [0.2, 0.25) is 0 Å². The third kappa shape index (κ3) is 4.60. The molecule has 1 heterocycles. The SMILES string of the molecule is CCC1CCC(CNCc2sccc2NC(C)=O)CC1. The van der Waals surface area contributed by atoms with Crippen molar-refractivity contribution in [1.82, 2.24) is 5.32 Å². The summed E-state index contributed by atoms with van der Waals surface area (Å²) in [4.78, 5) is 12.3. The Balaban J connectivity index is 1.71. The van der Waals surface area contributed by atoms with E-state index < -0.39 is 0 Å². The number of nitrogens with one attached hydrogen (secondary N) is 2. The van der Waals surface area contributed by atoms with E-state index in [1.807, 2.05) is 11.4 Å². The van der Waals surface area contributed by atoms with Crippen LogP contribution in [0.15, 0.2) is 11.4 Å². The van der Waals surface area contributed by atoms with Crippen LogP contribution < -0.4 is 10.6 Å². The quantitative estimate of drug-likeness (QED) is 0.832. The minimum absolute atomic E-state index is 0.00235. The van der Waals surface area contributed by atoms with Gasteiger partial charge in [-0.1, -0.05) is 26.2 Å². The Morgan fingerprint density at radius 1 is 1.30 bits per heavy atom. The Labute approximate surface area is 126 Å². The summed E-state index contributed by atoms with van der Waals surface area (Å²) in [5.41, 5.74) is 0.963. The fourth-order valence-corrected chi connectivity index (χ4v) is 3.81. The van der Waals surface area contributed by atoms with E-state index in [0.29, 0.717) is 0 Å². The predicted octanol–water partition coefficient (Wildman–Crippen LogP) is 4.01. The summed E-state index contributed by atoms with van der Waals surface area (Å²) >= 11 is 1.70. The second kappa shape index (κ2) is 7.79. The fourth-order valence-electron chi connectivity index (χ4n) is 3.01. The highest BCUT2D eigenvalue weighted by molar-refractivity contribution is 7.10. The highest BCUT2D eigenvalue weighted by Crippen LogP contribution is 2.30. The smallest absolute Gasteiger partial charge is 0.221 e. The maximum atomic E-state index is 11.1. The summed E-state index contributed by atoms with van der Waals surface area (Å²) in [6.07, 6.45) is 6.89. The number of thiophene rings is 1. The first-order valence-electron chi connectivity index (χ1n) is 7.73. The van der Waals surface area contributed by atoms with Crippen molar-refractivity contribution in [2.75, 3.05) is 11.9 Å². The number of amides is 1. The lowest BCUT2D eigenvalue weighted by Gasteiger charge is -2.27. The van der Waals surface area contributed by atoms with Crippen molar-refractivity contribution >= 4 is 22.9 Å². The van der Waals surface area contributed by atoms with Crippen LogP contribution in [0, 0.1) is 11.8 Å². The van der Waals surface area contributed by atoms with Crippen LogP contribution >= 0.6 is 11.3 Å². The van der Waals surface area contributed by atoms with Gasteiger partial charge in [-0.2, -0.15) is 0 Å². The van der Waals surface area contributed by atoms with Gasteiger partial charge in [0.25, 0.3) is 0 Å². The molecule has 0 radical (unpaired) electrons. The molecule has 1 aromatic heterocycles. The van der Waals surface area contributed by atoms with Gasteiger partial charge in [0.1, 0.15) is 0 Å². The number of anilines is 1. The minimum Gasteiger partial charge on any atom is -0.325 e. The van der Waals surface area contributed by atoms with Crippen molar-refractivity contribution in [3.8, 4) is 0 Å². The van der Waals surface area contributed by atoms with E-state index in [4.69, 9.17) is 0 Å². The molecule has 0 bridgehead atoms. The van der Waals surface area contributed by atoms with E-state index in [0.717, 1.165) is 30.6 Å². The van der Waals surface area contributed by atoms with Gasteiger partial charge in [0, 0.05) is 18.3 Å². The van der Waals surface area contributed by atoms with Crippen molar-refractivity contribution in [1.29, 1.82) is 0 Å². The number of hydrogen-bond donors (Lipinski definition) is 2. The van der Waals surface area contributed by atoms with Crippen molar-refractivity contribution in [3.63, 3.8) is 0 Å². The van der Waals surface area contributed by atoms with Gasteiger partial charge in [-0.3, -0.25) is 4.79 Å². The molecule has 0 aliphatic heterocycles. The lowest BCUT2D eigenvalue weighted by Crippen LogP contribution is -2.26. The lowest BCUT2D eigenvalue weighted by molar-refractivity contribution is -0.114. The van der Waals surface area contributed by atoms with Crippen LogP contribution in [-0.2, 0) is 11.3 Å². The molecular weight excluding hydrogens is 268 g/mol. The predicted molar refractivity (Wildman–Crippen MR) is 86.1 cm³/mol. The second-order valence-electron chi connectivity index (χ2n) is 5.86. The van der Waals surface area contributed by atoms with Gasteiger partial charge >= 0.3 is 0 Å². The van der Waals surface area contributed by atoms with E-state index >= 15 is 0 Å². The monoisotopic (exact) mass is 294 g/mol. The molecule has 1 amide bonds. The zero-order chi connectivity index (χ0) is 14.4. The molecule has 1 aromatic rings. The Morgan fingerprint density at radius 2 is 2.00 bits per heavy atom. The van der Waals surface area contributed by atoms with Crippen LogP contribution in [0.3, 0.4) is 0 Å². The molecule has 0 saturated heterocycles. The standard InChI is InChI=1S/C16H26N2OS/c1-3-13-4-6-14(7-5-13)10-17-11-16-15(8-9-20-16)18-12(2)19/h8-9,13-14,17H,3-7,10-11H2,1-2H3,(H,18,19). The largest absolute Gasteiger partial charge is 0.325 e. The third-order valence-electron chi connectivity index (χ3n) is 4.32. The average Bonchev–Trinajstić information content (AvgIpc) is 2.86. The van der Waals surface area contributed by atoms with E-state index in [2.05, 4.69) is 17.6 Å². The summed E-state index contributed by atoms with van der Waals surface area (Å²) in [6, 6.07) is 1.98. The summed E-state index contributed by atoms with van der Waals surface area (Å²) < 4.78 is 0. The van der Waals surface area contributed by atoms with Gasteiger partial charge in [0.15, 0.2) is 0 Å². The molecule has 0 unspecified atom stereocenters. The highest BCUT2D eigenvalue weighted by Gasteiger charge is 2.19. The molecule has 3 nitrogen and oxygen atoms in total. The van der Waals surface area contributed by atoms with Gasteiger partial charge in [-0.15, -0.1) is 11.3 Å². The molecule has 1 aliphatic rings. The third-order valence-corrected chi connectivity index (χ3v) is 5.24. The van der Waals surface area contributed by atoms with E-state index in [1.54, 1.807) is 18.3 Å². The molecule has 1 saturated carbocycles. The van der Waals surface area contributed by atoms with Gasteiger partial charge in [0.05, 0.1) is 5.69 Å². The van der Waals surface area contributed by atoms with Crippen LogP contribution in [0.25, 0.3) is 0 Å². The van der Waals surface area contributed by atoms with Crippen molar-refractivity contribution in [2.45, 2.75) is 52.5 Å². The molecular formula is C16H26N2OS. The zero-order valence-corrected chi connectivity index (χ0v) is 13.4. The molecule has 1 aliphatic carbocycles. The Hall–Kier alpha value is -0.870. The molecule has 1 fully saturated rings. The molecule has 0 spiro atoms. The number of carbonyl (C=O) groups is 1. The Kier molecular flexibility index (Phi) is 6.05. The normalized spacial score (nSPS) is 22.7. The number of carbonyl (C=O) groups excluding carboxylic acids is 1. The van der Waals surface area contributed by atoms with Gasteiger partial charge in [-0.25, -0.2) is 0 Å². The molecule has 2 N–H and O–H groups in total. The van der Waals surface area contributed by atoms with Crippen molar-refractivity contribution < 1.29 is 4.79 Å². The maximum Gasteiger partial charge on any atom is 0.221 e.